The Morgan fingerprint density at radius 1 is 1.38 bits per heavy atom. The molecule has 0 aromatic heterocycles. The summed E-state index contributed by atoms with van der Waals surface area (Å²) in [5, 5.41) is 0. The zero-order chi connectivity index (χ0) is 10.1. The lowest BCUT2D eigenvalue weighted by Crippen LogP contribution is -2.15. The van der Waals surface area contributed by atoms with E-state index in [9.17, 15) is 4.79 Å². The van der Waals surface area contributed by atoms with E-state index in [1.165, 1.54) is 0 Å². The molecule has 0 saturated heterocycles. The summed E-state index contributed by atoms with van der Waals surface area (Å²) in [7, 11) is 0. The van der Waals surface area contributed by atoms with Gasteiger partial charge in [-0.05, 0) is 19.3 Å². The molecule has 0 radical (unpaired) electrons. The first kappa shape index (κ1) is 12.4. The van der Waals surface area contributed by atoms with Gasteiger partial charge >= 0.3 is 5.97 Å². The lowest BCUT2D eigenvalue weighted by Gasteiger charge is -2.08. The van der Waals surface area contributed by atoms with E-state index in [0.717, 1.165) is 19.3 Å². The summed E-state index contributed by atoms with van der Waals surface area (Å²) in [4.78, 5) is 15.5. The highest BCUT2D eigenvalue weighted by atomic mass is 16.6. The third-order valence-electron chi connectivity index (χ3n) is 1.92. The maximum atomic E-state index is 11.1. The van der Waals surface area contributed by atoms with Crippen molar-refractivity contribution in [3.05, 3.63) is 0 Å². The van der Waals surface area contributed by atoms with Gasteiger partial charge in [0.25, 0.3) is 0 Å². The summed E-state index contributed by atoms with van der Waals surface area (Å²) in [5.41, 5.74) is 0. The van der Waals surface area contributed by atoms with Gasteiger partial charge in [0, 0.05) is 0 Å². The van der Waals surface area contributed by atoms with Crippen LogP contribution in [0.15, 0.2) is 0 Å². The number of hydrogen-bond acceptors (Lipinski definition) is 4. The van der Waals surface area contributed by atoms with Crippen LogP contribution in [0.3, 0.4) is 0 Å². The van der Waals surface area contributed by atoms with E-state index < -0.39 is 0 Å². The highest BCUT2D eigenvalue weighted by Crippen LogP contribution is 2.03. The summed E-state index contributed by atoms with van der Waals surface area (Å²) in [5.74, 6) is 4.72. The normalized spacial score (nSPS) is 12.5. The Morgan fingerprint density at radius 3 is 2.54 bits per heavy atom. The molecule has 0 heterocycles. The van der Waals surface area contributed by atoms with Crippen molar-refractivity contribution in [2.24, 2.45) is 11.8 Å². The van der Waals surface area contributed by atoms with Crippen LogP contribution >= 0.6 is 0 Å². The third-order valence-corrected chi connectivity index (χ3v) is 1.92. The van der Waals surface area contributed by atoms with E-state index in [1.807, 2.05) is 13.8 Å². The van der Waals surface area contributed by atoms with Crippen molar-refractivity contribution in [2.75, 3.05) is 13.2 Å². The van der Waals surface area contributed by atoms with Crippen LogP contribution in [0.4, 0.5) is 0 Å². The standard InChI is InChI=1S/C9H19NO3/c1-3-8(2)9(11)12-6-4-5-7-13-10/h8H,3-7,10H2,1-2H3. The first-order chi connectivity index (χ1) is 6.22. The molecule has 0 saturated carbocycles. The average Bonchev–Trinajstić information content (AvgIpc) is 2.16. The monoisotopic (exact) mass is 189 g/mol. The number of ether oxygens (including phenoxy) is 1. The largest absolute Gasteiger partial charge is 0.465 e. The van der Waals surface area contributed by atoms with E-state index in [4.69, 9.17) is 10.6 Å². The van der Waals surface area contributed by atoms with Crippen LogP contribution in [0.2, 0.25) is 0 Å². The van der Waals surface area contributed by atoms with Gasteiger partial charge in [0.2, 0.25) is 0 Å². The van der Waals surface area contributed by atoms with Crippen LogP contribution in [0.25, 0.3) is 0 Å². The fourth-order valence-corrected chi connectivity index (χ4v) is 0.769. The molecule has 0 spiro atoms. The molecule has 0 aromatic rings. The van der Waals surface area contributed by atoms with Crippen molar-refractivity contribution in [1.29, 1.82) is 0 Å². The summed E-state index contributed by atoms with van der Waals surface area (Å²) in [6.07, 6.45) is 2.45. The molecular formula is C9H19NO3. The van der Waals surface area contributed by atoms with Crippen LogP contribution in [-0.2, 0) is 14.4 Å². The summed E-state index contributed by atoms with van der Waals surface area (Å²) >= 11 is 0. The molecule has 2 N–H and O–H groups in total. The molecule has 4 heteroatoms. The van der Waals surface area contributed by atoms with E-state index in [0.29, 0.717) is 13.2 Å². The summed E-state index contributed by atoms with van der Waals surface area (Å²) < 4.78 is 5.01. The first-order valence-corrected chi connectivity index (χ1v) is 4.70. The van der Waals surface area contributed by atoms with Gasteiger partial charge in [-0.25, -0.2) is 5.90 Å². The highest BCUT2D eigenvalue weighted by Gasteiger charge is 2.10. The van der Waals surface area contributed by atoms with Crippen LogP contribution in [-0.4, -0.2) is 19.2 Å². The second kappa shape index (κ2) is 8.01. The maximum Gasteiger partial charge on any atom is 0.308 e. The van der Waals surface area contributed by atoms with Crippen molar-refractivity contribution in [1.82, 2.24) is 0 Å². The smallest absolute Gasteiger partial charge is 0.308 e. The van der Waals surface area contributed by atoms with Gasteiger partial charge in [-0.1, -0.05) is 13.8 Å². The molecular weight excluding hydrogens is 170 g/mol. The molecule has 78 valence electrons. The molecule has 0 aliphatic heterocycles. The number of unbranched alkanes of at least 4 members (excludes halogenated alkanes) is 1. The molecule has 0 aliphatic carbocycles. The molecule has 1 unspecified atom stereocenters. The van der Waals surface area contributed by atoms with Crippen LogP contribution in [0, 0.1) is 5.92 Å². The molecule has 0 fully saturated rings. The zero-order valence-electron chi connectivity index (χ0n) is 8.41. The van der Waals surface area contributed by atoms with Crippen LogP contribution in [0.1, 0.15) is 33.1 Å². The number of hydrogen-bond donors (Lipinski definition) is 1. The zero-order valence-corrected chi connectivity index (χ0v) is 8.41. The van der Waals surface area contributed by atoms with Gasteiger partial charge < -0.3 is 9.57 Å². The minimum Gasteiger partial charge on any atom is -0.465 e. The number of nitrogens with two attached hydrogens (primary N) is 1. The molecule has 0 bridgehead atoms. The van der Waals surface area contributed by atoms with Gasteiger partial charge in [-0.2, -0.15) is 0 Å². The first-order valence-electron chi connectivity index (χ1n) is 4.70. The minimum atomic E-state index is -0.115. The second-order valence-electron chi connectivity index (χ2n) is 3.05. The van der Waals surface area contributed by atoms with Gasteiger partial charge in [0.1, 0.15) is 0 Å². The Labute approximate surface area is 79.3 Å². The van der Waals surface area contributed by atoms with Crippen LogP contribution in [0.5, 0.6) is 0 Å². The SMILES string of the molecule is CCC(C)C(=O)OCCCCON. The Kier molecular flexibility index (Phi) is 7.63. The molecule has 1 atom stereocenters. The van der Waals surface area contributed by atoms with Gasteiger partial charge in [0.05, 0.1) is 19.1 Å². The fraction of sp³-hybridized carbons (Fsp3) is 0.889. The third kappa shape index (κ3) is 6.54. The van der Waals surface area contributed by atoms with Crippen LogP contribution < -0.4 is 5.90 Å². The lowest BCUT2D eigenvalue weighted by molar-refractivity contribution is -0.148. The quantitative estimate of drug-likeness (QED) is 0.372. The Hall–Kier alpha value is -0.610. The Bertz CT molecular complexity index is 139. The molecule has 13 heavy (non-hydrogen) atoms. The highest BCUT2D eigenvalue weighted by molar-refractivity contribution is 5.71. The predicted octanol–water partition coefficient (Wildman–Crippen LogP) is 1.25. The average molecular weight is 189 g/mol. The fourth-order valence-electron chi connectivity index (χ4n) is 0.769. The Balaban J connectivity index is 3.27. The van der Waals surface area contributed by atoms with Gasteiger partial charge in [-0.15, -0.1) is 0 Å². The van der Waals surface area contributed by atoms with E-state index >= 15 is 0 Å². The Morgan fingerprint density at radius 2 is 2.00 bits per heavy atom. The maximum absolute atomic E-state index is 11.1. The molecule has 0 aliphatic rings. The van der Waals surface area contributed by atoms with Crippen molar-refractivity contribution in [3.63, 3.8) is 0 Å². The minimum absolute atomic E-state index is 0.00533. The van der Waals surface area contributed by atoms with Crippen molar-refractivity contribution < 1.29 is 14.4 Å². The van der Waals surface area contributed by atoms with Gasteiger partial charge in [-0.3, -0.25) is 4.79 Å². The number of carbonyl (C=O) groups excluding carboxylic acids is 1. The predicted molar refractivity (Wildman–Crippen MR) is 49.8 cm³/mol. The molecule has 0 aromatic carbocycles. The van der Waals surface area contributed by atoms with Crippen molar-refractivity contribution >= 4 is 5.97 Å². The number of rotatable bonds is 7. The lowest BCUT2D eigenvalue weighted by atomic mass is 10.1. The summed E-state index contributed by atoms with van der Waals surface area (Å²) in [6.45, 7) is 4.81. The molecule has 4 nitrogen and oxygen atoms in total. The van der Waals surface area contributed by atoms with Gasteiger partial charge in [0.15, 0.2) is 0 Å². The van der Waals surface area contributed by atoms with Crippen molar-refractivity contribution in [3.8, 4) is 0 Å². The number of esters is 1. The second-order valence-corrected chi connectivity index (χ2v) is 3.05. The van der Waals surface area contributed by atoms with E-state index in [-0.39, 0.29) is 11.9 Å². The molecule has 0 amide bonds. The number of carbonyl (C=O) groups is 1. The van der Waals surface area contributed by atoms with E-state index in [1.54, 1.807) is 0 Å². The topological polar surface area (TPSA) is 61.5 Å². The molecule has 0 rings (SSSR count). The summed E-state index contributed by atoms with van der Waals surface area (Å²) in [6, 6.07) is 0. The van der Waals surface area contributed by atoms with E-state index in [2.05, 4.69) is 4.84 Å². The van der Waals surface area contributed by atoms with Crippen molar-refractivity contribution in [2.45, 2.75) is 33.1 Å².